The lowest BCUT2D eigenvalue weighted by Crippen LogP contribution is -1.97. The first-order valence-electron chi connectivity index (χ1n) is 6.25. The predicted molar refractivity (Wildman–Crippen MR) is 73.9 cm³/mol. The minimum Gasteiger partial charge on any atom is -0.377 e. The highest BCUT2D eigenvalue weighted by molar-refractivity contribution is 5.27. The zero-order chi connectivity index (χ0) is 13.0. The molecule has 0 bridgehead atoms. The Bertz CT molecular complexity index is 243. The van der Waals surface area contributed by atoms with E-state index in [-0.39, 0.29) is 6.10 Å². The van der Waals surface area contributed by atoms with Crippen LogP contribution in [0.2, 0.25) is 0 Å². The Balaban J connectivity index is 0. The second-order valence-electron chi connectivity index (χ2n) is 3.44. The highest BCUT2D eigenvalue weighted by Gasteiger charge is 2.04. The third-order valence-corrected chi connectivity index (χ3v) is 1.98. The molecule has 0 spiro atoms. The van der Waals surface area contributed by atoms with Gasteiger partial charge in [-0.25, -0.2) is 0 Å². The van der Waals surface area contributed by atoms with Crippen LogP contribution in [-0.2, 0) is 4.74 Å². The van der Waals surface area contributed by atoms with Gasteiger partial charge in [-0.2, -0.15) is 0 Å². The van der Waals surface area contributed by atoms with E-state index in [0.717, 1.165) is 0 Å². The third kappa shape index (κ3) is 7.47. The van der Waals surface area contributed by atoms with Crippen molar-refractivity contribution in [1.29, 1.82) is 0 Å². The van der Waals surface area contributed by atoms with Gasteiger partial charge in [0.2, 0.25) is 0 Å². The molecule has 1 unspecified atom stereocenters. The molecule has 16 heavy (non-hydrogen) atoms. The molecule has 1 aromatic rings. The Labute approximate surface area is 102 Å². The van der Waals surface area contributed by atoms with Crippen molar-refractivity contribution in [3.63, 3.8) is 0 Å². The van der Waals surface area contributed by atoms with E-state index in [4.69, 9.17) is 4.74 Å². The van der Waals surface area contributed by atoms with Crippen LogP contribution in [0.1, 0.15) is 58.3 Å². The Kier molecular flexibility index (Phi) is 13.5. The maximum Gasteiger partial charge on any atom is 0.0795 e. The van der Waals surface area contributed by atoms with Gasteiger partial charge in [-0.15, -0.1) is 0 Å². The summed E-state index contributed by atoms with van der Waals surface area (Å²) in [5.41, 5.74) is 2.57. The van der Waals surface area contributed by atoms with Crippen LogP contribution in [0.25, 0.3) is 0 Å². The summed E-state index contributed by atoms with van der Waals surface area (Å²) in [6, 6.07) is 8.29. The van der Waals surface area contributed by atoms with Gasteiger partial charge < -0.3 is 4.74 Å². The van der Waals surface area contributed by atoms with E-state index in [1.54, 1.807) is 7.11 Å². The fraction of sp³-hybridized carbons (Fsp3) is 0.600. The van der Waals surface area contributed by atoms with Crippen LogP contribution in [0.4, 0.5) is 0 Å². The largest absolute Gasteiger partial charge is 0.377 e. The van der Waals surface area contributed by atoms with E-state index in [2.05, 4.69) is 39.8 Å². The molecule has 1 rings (SSSR count). The first-order valence-corrected chi connectivity index (χ1v) is 6.25. The lowest BCUT2D eigenvalue weighted by molar-refractivity contribution is 0.119. The van der Waals surface area contributed by atoms with Gasteiger partial charge in [-0.1, -0.05) is 58.4 Å². The Morgan fingerprint density at radius 1 is 1.12 bits per heavy atom. The minimum absolute atomic E-state index is 0.205. The van der Waals surface area contributed by atoms with Crippen molar-refractivity contribution in [3.05, 3.63) is 35.4 Å². The van der Waals surface area contributed by atoms with Crippen LogP contribution in [0, 0.1) is 6.92 Å². The lowest BCUT2D eigenvalue weighted by Gasteiger charge is -2.11. The van der Waals surface area contributed by atoms with Gasteiger partial charge in [0, 0.05) is 7.11 Å². The van der Waals surface area contributed by atoms with Crippen molar-refractivity contribution < 1.29 is 4.74 Å². The number of hydrogen-bond acceptors (Lipinski definition) is 1. The summed E-state index contributed by atoms with van der Waals surface area (Å²) in [5, 5.41) is 0. The summed E-state index contributed by atoms with van der Waals surface area (Å²) in [5.74, 6) is 0. The summed E-state index contributed by atoms with van der Waals surface area (Å²) in [6.45, 7) is 12.4. The summed E-state index contributed by atoms with van der Waals surface area (Å²) >= 11 is 0. The normalized spacial score (nSPS) is 10.4. The molecular weight excluding hydrogens is 196 g/mol. The molecule has 0 N–H and O–H groups in total. The molecule has 0 heterocycles. The number of aryl methyl sites for hydroxylation is 1. The number of hydrogen-bond donors (Lipinski definition) is 0. The SMILES string of the molecule is CC.CCC.COC(C)c1ccccc1C. The fourth-order valence-electron chi connectivity index (χ4n) is 1.17. The molecule has 0 aliphatic carbocycles. The molecule has 0 aromatic heterocycles. The van der Waals surface area contributed by atoms with Crippen LogP contribution in [0.5, 0.6) is 0 Å². The van der Waals surface area contributed by atoms with Gasteiger partial charge in [0.1, 0.15) is 0 Å². The quantitative estimate of drug-likeness (QED) is 0.675. The van der Waals surface area contributed by atoms with Gasteiger partial charge >= 0.3 is 0 Å². The Hall–Kier alpha value is -0.820. The molecule has 0 saturated heterocycles. The van der Waals surface area contributed by atoms with E-state index in [1.165, 1.54) is 17.5 Å². The van der Waals surface area contributed by atoms with E-state index in [9.17, 15) is 0 Å². The summed E-state index contributed by atoms with van der Waals surface area (Å²) < 4.78 is 5.22. The third-order valence-electron chi connectivity index (χ3n) is 1.98. The van der Waals surface area contributed by atoms with Gasteiger partial charge in [-0.05, 0) is 25.0 Å². The summed E-state index contributed by atoms with van der Waals surface area (Å²) in [6.07, 6.45) is 1.45. The Morgan fingerprint density at radius 2 is 1.56 bits per heavy atom. The number of benzene rings is 1. The molecule has 1 nitrogen and oxygen atoms in total. The minimum atomic E-state index is 0.205. The molecule has 1 atom stereocenters. The average Bonchev–Trinajstić information content (AvgIpc) is 2.32. The van der Waals surface area contributed by atoms with Crippen LogP contribution in [-0.4, -0.2) is 7.11 Å². The smallest absolute Gasteiger partial charge is 0.0795 e. The molecular formula is C15H28O. The molecule has 0 saturated carbocycles. The van der Waals surface area contributed by atoms with E-state index in [1.807, 2.05) is 26.0 Å². The van der Waals surface area contributed by atoms with Gasteiger partial charge in [-0.3, -0.25) is 0 Å². The van der Waals surface area contributed by atoms with Crippen LogP contribution < -0.4 is 0 Å². The van der Waals surface area contributed by atoms with E-state index in [0.29, 0.717) is 0 Å². The number of ether oxygens (including phenoxy) is 1. The number of methoxy groups -OCH3 is 1. The fourth-order valence-corrected chi connectivity index (χ4v) is 1.17. The second-order valence-corrected chi connectivity index (χ2v) is 3.44. The summed E-state index contributed by atoms with van der Waals surface area (Å²) in [4.78, 5) is 0. The van der Waals surface area contributed by atoms with Crippen molar-refractivity contribution in [1.82, 2.24) is 0 Å². The van der Waals surface area contributed by atoms with Gasteiger partial charge in [0.25, 0.3) is 0 Å². The molecule has 94 valence electrons. The topological polar surface area (TPSA) is 9.23 Å². The zero-order valence-corrected chi connectivity index (χ0v) is 12.0. The van der Waals surface area contributed by atoms with E-state index < -0.39 is 0 Å². The second kappa shape index (κ2) is 12.3. The monoisotopic (exact) mass is 224 g/mol. The first-order chi connectivity index (χ1) is 7.67. The van der Waals surface area contributed by atoms with E-state index >= 15 is 0 Å². The highest BCUT2D eigenvalue weighted by Crippen LogP contribution is 2.18. The van der Waals surface area contributed by atoms with Crippen molar-refractivity contribution in [2.75, 3.05) is 7.11 Å². The average molecular weight is 224 g/mol. The van der Waals surface area contributed by atoms with Crippen molar-refractivity contribution >= 4 is 0 Å². The first kappa shape index (κ1) is 17.6. The lowest BCUT2D eigenvalue weighted by atomic mass is 10.1. The van der Waals surface area contributed by atoms with Crippen LogP contribution >= 0.6 is 0 Å². The van der Waals surface area contributed by atoms with Crippen LogP contribution in [0.3, 0.4) is 0 Å². The molecule has 0 fully saturated rings. The van der Waals surface area contributed by atoms with Crippen molar-refractivity contribution in [2.45, 2.75) is 54.1 Å². The molecule has 0 amide bonds. The predicted octanol–water partition coefficient (Wildman–Crippen LogP) is 5.14. The standard InChI is InChI=1S/C10H14O.C3H8.C2H6/c1-8-6-4-5-7-10(8)9(2)11-3;1-3-2;1-2/h4-7,9H,1-3H3;3H2,1-2H3;1-2H3. The van der Waals surface area contributed by atoms with Crippen molar-refractivity contribution in [3.8, 4) is 0 Å². The van der Waals surface area contributed by atoms with Gasteiger partial charge in [0.15, 0.2) is 0 Å². The molecule has 0 aliphatic rings. The zero-order valence-electron chi connectivity index (χ0n) is 12.0. The molecule has 0 aliphatic heterocycles. The molecule has 1 heteroatoms. The molecule has 0 radical (unpaired) electrons. The number of rotatable bonds is 2. The van der Waals surface area contributed by atoms with Crippen molar-refractivity contribution in [2.24, 2.45) is 0 Å². The molecule has 1 aromatic carbocycles. The Morgan fingerprint density at radius 3 is 1.94 bits per heavy atom. The van der Waals surface area contributed by atoms with Crippen LogP contribution in [0.15, 0.2) is 24.3 Å². The summed E-state index contributed by atoms with van der Waals surface area (Å²) in [7, 11) is 1.73. The van der Waals surface area contributed by atoms with Gasteiger partial charge in [0.05, 0.1) is 6.10 Å². The highest BCUT2D eigenvalue weighted by atomic mass is 16.5. The maximum absolute atomic E-state index is 5.22. The maximum atomic E-state index is 5.22.